The topological polar surface area (TPSA) is 83.0 Å². The number of likely N-dealkylation sites (tertiary alicyclic amines) is 1. The second-order valence-electron chi connectivity index (χ2n) is 8.35. The van der Waals surface area contributed by atoms with Crippen LogP contribution in [0.25, 0.3) is 0 Å². The molecule has 3 heterocycles. The molecular weight excluding hydrogens is 464 g/mol. The van der Waals surface area contributed by atoms with E-state index in [-0.39, 0.29) is 18.2 Å². The highest BCUT2D eigenvalue weighted by Gasteiger charge is 2.33. The molecule has 0 radical (unpaired) electrons. The smallest absolute Gasteiger partial charge is 0.325 e. The number of carbonyl (C=O) groups excluding carboxylic acids is 1. The van der Waals surface area contributed by atoms with Crippen molar-refractivity contribution in [1.82, 2.24) is 19.9 Å². The van der Waals surface area contributed by atoms with Gasteiger partial charge in [0.15, 0.2) is 0 Å². The molecular formula is C24H24F4N6O. The van der Waals surface area contributed by atoms with E-state index in [1.54, 1.807) is 6.92 Å². The first-order chi connectivity index (χ1) is 16.7. The van der Waals surface area contributed by atoms with Gasteiger partial charge in [-0.15, -0.1) is 0 Å². The van der Waals surface area contributed by atoms with Crippen molar-refractivity contribution in [1.29, 1.82) is 0 Å². The highest BCUT2D eigenvalue weighted by atomic mass is 19.4. The van der Waals surface area contributed by atoms with Crippen LogP contribution in [0, 0.1) is 12.7 Å². The molecule has 1 amide bonds. The van der Waals surface area contributed by atoms with Gasteiger partial charge >= 0.3 is 6.18 Å². The van der Waals surface area contributed by atoms with E-state index >= 15 is 0 Å². The molecule has 2 N–H and O–H groups in total. The predicted molar refractivity (Wildman–Crippen MR) is 123 cm³/mol. The largest absolute Gasteiger partial charge is 0.418 e. The zero-order valence-electron chi connectivity index (χ0n) is 18.9. The number of aromatic nitrogens is 3. The van der Waals surface area contributed by atoms with E-state index in [0.717, 1.165) is 30.8 Å². The Morgan fingerprint density at radius 3 is 2.51 bits per heavy atom. The molecule has 1 saturated heterocycles. The summed E-state index contributed by atoms with van der Waals surface area (Å²) in [5, 5.41) is 5.44. The Morgan fingerprint density at radius 1 is 1.09 bits per heavy atom. The van der Waals surface area contributed by atoms with Crippen molar-refractivity contribution in [2.75, 3.05) is 30.3 Å². The van der Waals surface area contributed by atoms with Crippen LogP contribution >= 0.6 is 0 Å². The number of nitrogens with one attached hydrogen (secondary N) is 2. The molecule has 1 aromatic carbocycles. The molecule has 0 atom stereocenters. The SMILES string of the molecule is Cc1nc(Nc2ccc(F)cn2)cc(C2CCN(CC(=O)Nc3ccccc3C(F)(F)F)CC2)n1. The number of aryl methyl sites for hydroxylation is 1. The molecule has 1 aliphatic heterocycles. The Morgan fingerprint density at radius 2 is 1.83 bits per heavy atom. The predicted octanol–water partition coefficient (Wildman–Crippen LogP) is 4.90. The maximum Gasteiger partial charge on any atom is 0.418 e. The van der Waals surface area contributed by atoms with Gasteiger partial charge in [0.05, 0.1) is 24.0 Å². The van der Waals surface area contributed by atoms with Crippen LogP contribution in [-0.4, -0.2) is 45.4 Å². The number of hydrogen-bond donors (Lipinski definition) is 2. The summed E-state index contributed by atoms with van der Waals surface area (Å²) in [6, 6.07) is 9.59. The maximum atomic E-state index is 13.2. The second kappa shape index (κ2) is 10.3. The van der Waals surface area contributed by atoms with Crippen LogP contribution < -0.4 is 10.6 Å². The molecule has 0 spiro atoms. The Bertz CT molecular complexity index is 1180. The minimum absolute atomic E-state index is 0.00472. The van der Waals surface area contributed by atoms with Gasteiger partial charge in [0.25, 0.3) is 0 Å². The monoisotopic (exact) mass is 488 g/mol. The van der Waals surface area contributed by atoms with Crippen molar-refractivity contribution in [3.63, 3.8) is 0 Å². The third-order valence-electron chi connectivity index (χ3n) is 5.72. The average molecular weight is 488 g/mol. The van der Waals surface area contributed by atoms with Crippen LogP contribution in [0.5, 0.6) is 0 Å². The van der Waals surface area contributed by atoms with Crippen molar-refractivity contribution in [2.45, 2.75) is 31.9 Å². The van der Waals surface area contributed by atoms with Gasteiger partial charge in [0.1, 0.15) is 23.3 Å². The number of carbonyl (C=O) groups is 1. The lowest BCUT2D eigenvalue weighted by molar-refractivity contribution is -0.137. The number of amides is 1. The molecule has 4 rings (SSSR count). The maximum absolute atomic E-state index is 13.2. The average Bonchev–Trinajstić information content (AvgIpc) is 2.80. The van der Waals surface area contributed by atoms with E-state index < -0.39 is 23.5 Å². The first-order valence-corrected chi connectivity index (χ1v) is 11.1. The van der Waals surface area contributed by atoms with Gasteiger partial charge in [0.2, 0.25) is 5.91 Å². The van der Waals surface area contributed by atoms with E-state index in [9.17, 15) is 22.4 Å². The van der Waals surface area contributed by atoms with E-state index in [4.69, 9.17) is 0 Å². The number of halogens is 4. The highest BCUT2D eigenvalue weighted by molar-refractivity contribution is 5.93. The van der Waals surface area contributed by atoms with Gasteiger partial charge in [-0.2, -0.15) is 13.2 Å². The Kier molecular flexibility index (Phi) is 7.25. The molecule has 3 aromatic rings. The normalized spacial score (nSPS) is 15.1. The minimum atomic E-state index is -4.54. The number of anilines is 3. The first-order valence-electron chi connectivity index (χ1n) is 11.1. The fraction of sp³-hybridized carbons (Fsp3) is 0.333. The zero-order chi connectivity index (χ0) is 25.0. The van der Waals surface area contributed by atoms with Gasteiger partial charge in [-0.1, -0.05) is 12.1 Å². The summed E-state index contributed by atoms with van der Waals surface area (Å²) < 4.78 is 52.6. The Labute approximate surface area is 199 Å². The van der Waals surface area contributed by atoms with E-state index in [1.807, 2.05) is 11.0 Å². The number of benzene rings is 1. The summed E-state index contributed by atoms with van der Waals surface area (Å²) >= 11 is 0. The van der Waals surface area contributed by atoms with Crippen LogP contribution in [-0.2, 0) is 11.0 Å². The van der Waals surface area contributed by atoms with Gasteiger partial charge in [0, 0.05) is 17.7 Å². The van der Waals surface area contributed by atoms with Crippen LogP contribution in [0.2, 0.25) is 0 Å². The van der Waals surface area contributed by atoms with Crippen molar-refractivity contribution in [2.24, 2.45) is 0 Å². The molecule has 0 bridgehead atoms. The van der Waals surface area contributed by atoms with Gasteiger partial charge in [-0.05, 0) is 57.1 Å². The lowest BCUT2D eigenvalue weighted by Gasteiger charge is -2.31. The first kappa shape index (κ1) is 24.5. The molecule has 2 aromatic heterocycles. The third kappa shape index (κ3) is 6.50. The van der Waals surface area contributed by atoms with Crippen LogP contribution in [0.1, 0.15) is 35.8 Å². The van der Waals surface area contributed by atoms with E-state index in [1.165, 1.54) is 30.3 Å². The molecule has 1 aliphatic rings. The van der Waals surface area contributed by atoms with Crippen molar-refractivity contribution >= 4 is 23.2 Å². The summed E-state index contributed by atoms with van der Waals surface area (Å²) in [6.45, 7) is 2.99. The van der Waals surface area contributed by atoms with Crippen molar-refractivity contribution in [3.8, 4) is 0 Å². The number of pyridine rings is 1. The number of nitrogens with zero attached hydrogens (tertiary/aromatic N) is 4. The number of para-hydroxylation sites is 1. The quantitative estimate of drug-likeness (QED) is 0.481. The molecule has 184 valence electrons. The lowest BCUT2D eigenvalue weighted by atomic mass is 9.93. The van der Waals surface area contributed by atoms with Gasteiger partial charge < -0.3 is 10.6 Å². The molecule has 35 heavy (non-hydrogen) atoms. The number of rotatable bonds is 6. The molecule has 0 saturated carbocycles. The highest BCUT2D eigenvalue weighted by Crippen LogP contribution is 2.34. The number of hydrogen-bond acceptors (Lipinski definition) is 6. The zero-order valence-corrected chi connectivity index (χ0v) is 18.9. The summed E-state index contributed by atoms with van der Waals surface area (Å²) in [7, 11) is 0. The Balaban J connectivity index is 1.34. The van der Waals surface area contributed by atoms with E-state index in [0.29, 0.717) is 30.5 Å². The van der Waals surface area contributed by atoms with Gasteiger partial charge in [-0.25, -0.2) is 19.3 Å². The van der Waals surface area contributed by atoms with Crippen LogP contribution in [0.15, 0.2) is 48.7 Å². The van der Waals surface area contributed by atoms with E-state index in [2.05, 4.69) is 25.6 Å². The van der Waals surface area contributed by atoms with Crippen molar-refractivity contribution in [3.05, 3.63) is 71.6 Å². The van der Waals surface area contributed by atoms with Gasteiger partial charge in [-0.3, -0.25) is 9.69 Å². The summed E-state index contributed by atoms with van der Waals surface area (Å²) in [5.41, 5.74) is -0.260. The van der Waals surface area contributed by atoms with Crippen LogP contribution in [0.3, 0.4) is 0 Å². The van der Waals surface area contributed by atoms with Crippen LogP contribution in [0.4, 0.5) is 34.9 Å². The molecule has 1 fully saturated rings. The minimum Gasteiger partial charge on any atom is -0.325 e. The molecule has 0 unspecified atom stereocenters. The summed E-state index contributed by atoms with van der Waals surface area (Å²) in [4.78, 5) is 27.2. The molecule has 11 heteroatoms. The fourth-order valence-electron chi connectivity index (χ4n) is 4.06. The lowest BCUT2D eigenvalue weighted by Crippen LogP contribution is -2.39. The Hall–Kier alpha value is -3.60. The molecule has 7 nitrogen and oxygen atoms in total. The standard InChI is InChI=1S/C24H24F4N6O/c1-15-30-20(12-22(31-15)33-21-7-6-17(25)13-29-21)16-8-10-34(11-9-16)14-23(35)32-19-5-3-2-4-18(19)24(26,27)28/h2-7,12-13,16H,8-11,14H2,1H3,(H,32,35)(H,29,30,31,33). The van der Waals surface area contributed by atoms with Crippen molar-refractivity contribution < 1.29 is 22.4 Å². The third-order valence-corrected chi connectivity index (χ3v) is 5.72. The summed E-state index contributed by atoms with van der Waals surface area (Å²) in [5.74, 6) is 0.817. The molecule has 0 aliphatic carbocycles. The fourth-order valence-corrected chi connectivity index (χ4v) is 4.06. The number of piperidine rings is 1. The second-order valence-corrected chi connectivity index (χ2v) is 8.35. The summed E-state index contributed by atoms with van der Waals surface area (Å²) in [6.07, 6.45) is -1.96. The number of alkyl halides is 3.